The van der Waals surface area contributed by atoms with Crippen molar-refractivity contribution in [2.45, 2.75) is 26.4 Å². The first-order valence-electron chi connectivity index (χ1n) is 7.49. The fraction of sp³-hybridized carbons (Fsp3) is 0.353. The second-order valence-electron chi connectivity index (χ2n) is 5.73. The van der Waals surface area contributed by atoms with Crippen molar-refractivity contribution in [1.82, 2.24) is 20.4 Å². The molecule has 3 rings (SSSR count). The van der Waals surface area contributed by atoms with Crippen LogP contribution in [0.2, 0.25) is 0 Å². The SMILES string of the molecule is Cc1cc(CN2CC(=O)NCC2c2ccccc2)c(C)nn1. The summed E-state index contributed by atoms with van der Waals surface area (Å²) in [6, 6.07) is 12.5. The van der Waals surface area contributed by atoms with E-state index < -0.39 is 0 Å². The number of carbonyl (C=O) groups excluding carboxylic acids is 1. The van der Waals surface area contributed by atoms with Crippen LogP contribution < -0.4 is 5.32 Å². The number of piperazine rings is 1. The molecular weight excluding hydrogens is 276 g/mol. The molecule has 1 N–H and O–H groups in total. The van der Waals surface area contributed by atoms with Gasteiger partial charge in [0.2, 0.25) is 5.91 Å². The lowest BCUT2D eigenvalue weighted by atomic mass is 10.0. The van der Waals surface area contributed by atoms with Crippen LogP contribution in [-0.2, 0) is 11.3 Å². The van der Waals surface area contributed by atoms with Crippen LogP contribution in [0, 0.1) is 13.8 Å². The summed E-state index contributed by atoms with van der Waals surface area (Å²) < 4.78 is 0. The zero-order valence-electron chi connectivity index (χ0n) is 12.9. The minimum absolute atomic E-state index is 0.0728. The molecule has 1 aromatic heterocycles. The van der Waals surface area contributed by atoms with Gasteiger partial charge in [-0.25, -0.2) is 0 Å². The number of aryl methyl sites for hydroxylation is 2. The molecule has 1 aliphatic heterocycles. The monoisotopic (exact) mass is 296 g/mol. The van der Waals surface area contributed by atoms with Gasteiger partial charge in [-0.3, -0.25) is 9.69 Å². The first-order chi connectivity index (χ1) is 10.6. The Hall–Kier alpha value is -2.27. The first kappa shape index (κ1) is 14.7. The average molecular weight is 296 g/mol. The fourth-order valence-corrected chi connectivity index (χ4v) is 2.84. The van der Waals surface area contributed by atoms with Gasteiger partial charge in [0.05, 0.1) is 24.0 Å². The van der Waals surface area contributed by atoms with Gasteiger partial charge in [-0.05, 0) is 31.0 Å². The topological polar surface area (TPSA) is 58.1 Å². The van der Waals surface area contributed by atoms with Crippen LogP contribution in [-0.4, -0.2) is 34.1 Å². The Kier molecular flexibility index (Phi) is 4.15. The van der Waals surface area contributed by atoms with Crippen molar-refractivity contribution in [3.8, 4) is 0 Å². The van der Waals surface area contributed by atoms with Crippen LogP contribution in [0.15, 0.2) is 36.4 Å². The van der Waals surface area contributed by atoms with E-state index in [1.54, 1.807) is 0 Å². The highest BCUT2D eigenvalue weighted by Crippen LogP contribution is 2.24. The summed E-state index contributed by atoms with van der Waals surface area (Å²) in [7, 11) is 0. The van der Waals surface area contributed by atoms with Gasteiger partial charge in [0.15, 0.2) is 0 Å². The minimum Gasteiger partial charge on any atom is -0.353 e. The van der Waals surface area contributed by atoms with Crippen molar-refractivity contribution in [1.29, 1.82) is 0 Å². The van der Waals surface area contributed by atoms with E-state index in [0.717, 1.165) is 17.0 Å². The van der Waals surface area contributed by atoms with E-state index in [1.165, 1.54) is 5.56 Å². The van der Waals surface area contributed by atoms with Gasteiger partial charge in [-0.15, -0.1) is 0 Å². The van der Waals surface area contributed by atoms with E-state index in [0.29, 0.717) is 19.6 Å². The lowest BCUT2D eigenvalue weighted by molar-refractivity contribution is -0.125. The molecule has 1 atom stereocenters. The maximum atomic E-state index is 11.8. The molecule has 1 aromatic carbocycles. The highest BCUT2D eigenvalue weighted by Gasteiger charge is 2.28. The standard InChI is InChI=1S/C17H20N4O/c1-12-8-15(13(2)20-19-12)10-21-11-17(22)18-9-16(21)14-6-4-3-5-7-14/h3-8,16H,9-11H2,1-2H3,(H,18,22). The minimum atomic E-state index is 0.0728. The van der Waals surface area contributed by atoms with Crippen LogP contribution in [0.1, 0.15) is 28.6 Å². The number of benzene rings is 1. The summed E-state index contributed by atoms with van der Waals surface area (Å²) in [5.41, 5.74) is 4.17. The molecule has 1 aliphatic rings. The molecule has 114 valence electrons. The number of rotatable bonds is 3. The molecule has 0 spiro atoms. The summed E-state index contributed by atoms with van der Waals surface area (Å²) in [6.45, 7) is 5.64. The molecular formula is C17H20N4O. The van der Waals surface area contributed by atoms with Crippen LogP contribution in [0.25, 0.3) is 0 Å². The largest absolute Gasteiger partial charge is 0.353 e. The Labute approximate surface area is 130 Å². The van der Waals surface area contributed by atoms with Crippen molar-refractivity contribution >= 4 is 5.91 Å². The third-order valence-electron chi connectivity index (χ3n) is 4.04. The maximum absolute atomic E-state index is 11.8. The molecule has 1 fully saturated rings. The molecule has 0 bridgehead atoms. The van der Waals surface area contributed by atoms with Gasteiger partial charge in [-0.2, -0.15) is 10.2 Å². The van der Waals surface area contributed by atoms with Crippen molar-refractivity contribution in [3.63, 3.8) is 0 Å². The molecule has 1 unspecified atom stereocenters. The third-order valence-corrected chi connectivity index (χ3v) is 4.04. The molecule has 1 amide bonds. The molecule has 22 heavy (non-hydrogen) atoms. The number of aromatic nitrogens is 2. The molecule has 2 aromatic rings. The van der Waals surface area contributed by atoms with Crippen LogP contribution in [0.4, 0.5) is 0 Å². The van der Waals surface area contributed by atoms with Crippen molar-refractivity contribution in [2.24, 2.45) is 0 Å². The Balaban J connectivity index is 1.87. The molecule has 0 radical (unpaired) electrons. The summed E-state index contributed by atoms with van der Waals surface area (Å²) in [6.07, 6.45) is 0. The first-order valence-corrected chi connectivity index (χ1v) is 7.49. The molecule has 0 aliphatic carbocycles. The molecule has 1 saturated heterocycles. The second kappa shape index (κ2) is 6.23. The van der Waals surface area contributed by atoms with Crippen LogP contribution in [0.3, 0.4) is 0 Å². The summed E-state index contributed by atoms with van der Waals surface area (Å²) in [5, 5.41) is 11.2. The lowest BCUT2D eigenvalue weighted by Crippen LogP contribution is -2.49. The van der Waals surface area contributed by atoms with Gasteiger partial charge >= 0.3 is 0 Å². The van der Waals surface area contributed by atoms with E-state index in [-0.39, 0.29) is 11.9 Å². The zero-order chi connectivity index (χ0) is 15.5. The summed E-state index contributed by atoms with van der Waals surface area (Å²) in [4.78, 5) is 14.0. The smallest absolute Gasteiger partial charge is 0.234 e. The number of carbonyl (C=O) groups is 1. The molecule has 5 heteroatoms. The van der Waals surface area contributed by atoms with E-state index in [1.807, 2.05) is 32.0 Å². The summed E-state index contributed by atoms with van der Waals surface area (Å²) in [5.74, 6) is 0.0728. The Morgan fingerprint density at radius 1 is 1.23 bits per heavy atom. The van der Waals surface area contributed by atoms with Gasteiger partial charge in [0, 0.05) is 13.1 Å². The van der Waals surface area contributed by atoms with Crippen molar-refractivity contribution in [3.05, 3.63) is 58.9 Å². The van der Waals surface area contributed by atoms with E-state index in [4.69, 9.17) is 0 Å². The van der Waals surface area contributed by atoms with Crippen molar-refractivity contribution in [2.75, 3.05) is 13.1 Å². The Morgan fingerprint density at radius 2 is 2.00 bits per heavy atom. The van der Waals surface area contributed by atoms with E-state index >= 15 is 0 Å². The van der Waals surface area contributed by atoms with Crippen LogP contribution in [0.5, 0.6) is 0 Å². The molecule has 5 nitrogen and oxygen atoms in total. The number of hydrogen-bond acceptors (Lipinski definition) is 4. The normalized spacial score (nSPS) is 19.0. The predicted molar refractivity (Wildman–Crippen MR) is 84.1 cm³/mol. The fourth-order valence-electron chi connectivity index (χ4n) is 2.84. The Bertz CT molecular complexity index is 672. The van der Waals surface area contributed by atoms with Gasteiger partial charge in [0.1, 0.15) is 0 Å². The maximum Gasteiger partial charge on any atom is 0.234 e. The Morgan fingerprint density at radius 3 is 2.77 bits per heavy atom. The summed E-state index contributed by atoms with van der Waals surface area (Å²) >= 11 is 0. The quantitative estimate of drug-likeness (QED) is 0.938. The van der Waals surface area contributed by atoms with Gasteiger partial charge in [-0.1, -0.05) is 30.3 Å². The van der Waals surface area contributed by atoms with Gasteiger partial charge < -0.3 is 5.32 Å². The second-order valence-corrected chi connectivity index (χ2v) is 5.73. The highest BCUT2D eigenvalue weighted by molar-refractivity contribution is 5.79. The van der Waals surface area contributed by atoms with E-state index in [2.05, 4.69) is 38.6 Å². The molecule has 2 heterocycles. The zero-order valence-corrected chi connectivity index (χ0v) is 12.9. The predicted octanol–water partition coefficient (Wildman–Crippen LogP) is 1.77. The van der Waals surface area contributed by atoms with E-state index in [9.17, 15) is 4.79 Å². The van der Waals surface area contributed by atoms with Gasteiger partial charge in [0.25, 0.3) is 0 Å². The third kappa shape index (κ3) is 3.14. The number of amides is 1. The number of nitrogens with one attached hydrogen (secondary N) is 1. The van der Waals surface area contributed by atoms with Crippen molar-refractivity contribution < 1.29 is 4.79 Å². The molecule has 0 saturated carbocycles. The highest BCUT2D eigenvalue weighted by atomic mass is 16.2. The number of nitrogens with zero attached hydrogens (tertiary/aromatic N) is 3. The lowest BCUT2D eigenvalue weighted by Gasteiger charge is -2.36. The van der Waals surface area contributed by atoms with Crippen LogP contribution >= 0.6 is 0 Å². The number of hydrogen-bond donors (Lipinski definition) is 1. The average Bonchev–Trinajstić information content (AvgIpc) is 2.52.